The largest absolute Gasteiger partial charge is 0.396 e. The van der Waals surface area contributed by atoms with E-state index in [-0.39, 0.29) is 39.0 Å². The van der Waals surface area contributed by atoms with E-state index < -0.39 is 6.10 Å². The minimum absolute atomic E-state index is 0.146. The summed E-state index contributed by atoms with van der Waals surface area (Å²) < 4.78 is 0. The molecule has 6 heteroatoms. The Kier molecular flexibility index (Phi) is 13.8. The number of hydrogen-bond donors (Lipinski definition) is 6. The van der Waals surface area contributed by atoms with Gasteiger partial charge >= 0.3 is 0 Å². The van der Waals surface area contributed by atoms with Gasteiger partial charge in [-0.2, -0.15) is 0 Å². The summed E-state index contributed by atoms with van der Waals surface area (Å²) in [5.41, 5.74) is 0. The van der Waals surface area contributed by atoms with Crippen molar-refractivity contribution in [2.75, 3.05) is 33.0 Å². The van der Waals surface area contributed by atoms with E-state index in [1.807, 2.05) is 0 Å². The van der Waals surface area contributed by atoms with Crippen LogP contribution in [0.1, 0.15) is 0 Å². The minimum Gasteiger partial charge on any atom is -0.396 e. The topological polar surface area (TPSA) is 121 Å². The molecule has 6 nitrogen and oxygen atoms in total. The zero-order valence-corrected chi connectivity index (χ0v) is 7.37. The lowest BCUT2D eigenvalue weighted by atomic mass is 10.2. The summed E-state index contributed by atoms with van der Waals surface area (Å²) in [5, 5.41) is 48.6. The van der Waals surface area contributed by atoms with Crippen LogP contribution in [0.4, 0.5) is 0 Å². The number of aliphatic hydroxyl groups excluding tert-OH is 6. The molecule has 13 heavy (non-hydrogen) atoms. The molecular weight excluding hydrogens is 180 g/mol. The molecule has 0 rings (SSSR count). The molecule has 0 aliphatic carbocycles. The van der Waals surface area contributed by atoms with Crippen LogP contribution in [0.15, 0.2) is 0 Å². The van der Waals surface area contributed by atoms with Gasteiger partial charge in [0.05, 0.1) is 33.0 Å². The van der Waals surface area contributed by atoms with Crippen LogP contribution >= 0.6 is 0 Å². The van der Waals surface area contributed by atoms with Crippen molar-refractivity contribution in [2.45, 2.75) is 6.10 Å². The predicted molar refractivity (Wildman–Crippen MR) is 44.9 cm³/mol. The van der Waals surface area contributed by atoms with Crippen LogP contribution in [-0.4, -0.2) is 69.8 Å². The average molecular weight is 198 g/mol. The van der Waals surface area contributed by atoms with Gasteiger partial charge in [-0.3, -0.25) is 0 Å². The maximum atomic E-state index is 8.21. The van der Waals surface area contributed by atoms with Crippen LogP contribution in [0.2, 0.25) is 0 Å². The van der Waals surface area contributed by atoms with E-state index in [0.29, 0.717) is 0 Å². The highest BCUT2D eigenvalue weighted by molar-refractivity contribution is 4.49. The van der Waals surface area contributed by atoms with E-state index in [1.54, 1.807) is 0 Å². The standard InChI is InChI=1S/C4H10O3.C3H8O3/c5-1-4(2-6)3-7;4-1-3(6)2-5/h4-7H,1-3H2;3-6H,1-2H2. The number of aliphatic hydroxyl groups is 6. The molecule has 0 heterocycles. The van der Waals surface area contributed by atoms with Gasteiger partial charge in [0.25, 0.3) is 0 Å². The van der Waals surface area contributed by atoms with E-state index in [0.717, 1.165) is 0 Å². The van der Waals surface area contributed by atoms with Gasteiger partial charge in [0, 0.05) is 5.92 Å². The van der Waals surface area contributed by atoms with Crippen LogP contribution in [0, 0.1) is 5.92 Å². The third kappa shape index (κ3) is 11.8. The molecule has 82 valence electrons. The van der Waals surface area contributed by atoms with Gasteiger partial charge in [-0.15, -0.1) is 0 Å². The Bertz CT molecular complexity index is 75.5. The molecule has 0 aromatic rings. The fraction of sp³-hybridized carbons (Fsp3) is 1.00. The van der Waals surface area contributed by atoms with E-state index in [1.165, 1.54) is 0 Å². The molecular formula is C7H18O6. The van der Waals surface area contributed by atoms with Crippen molar-refractivity contribution in [3.63, 3.8) is 0 Å². The molecule has 6 N–H and O–H groups in total. The second-order valence-corrected chi connectivity index (χ2v) is 2.43. The molecule has 0 aliphatic heterocycles. The first-order valence-electron chi connectivity index (χ1n) is 3.88. The molecule has 0 fully saturated rings. The van der Waals surface area contributed by atoms with Crippen molar-refractivity contribution >= 4 is 0 Å². The predicted octanol–water partition coefficient (Wildman–Crippen LogP) is -3.09. The van der Waals surface area contributed by atoms with Crippen LogP contribution in [0.3, 0.4) is 0 Å². The van der Waals surface area contributed by atoms with Crippen LogP contribution in [-0.2, 0) is 0 Å². The van der Waals surface area contributed by atoms with Crippen molar-refractivity contribution < 1.29 is 30.6 Å². The Morgan fingerprint density at radius 1 is 0.615 bits per heavy atom. The fourth-order valence-electron chi connectivity index (χ4n) is 0.231. The van der Waals surface area contributed by atoms with E-state index in [2.05, 4.69) is 0 Å². The minimum atomic E-state index is -0.954. The molecule has 0 saturated carbocycles. The van der Waals surface area contributed by atoms with E-state index in [9.17, 15) is 0 Å². The van der Waals surface area contributed by atoms with Crippen molar-refractivity contribution in [1.29, 1.82) is 0 Å². The van der Waals surface area contributed by atoms with Crippen molar-refractivity contribution in [3.05, 3.63) is 0 Å². The fourth-order valence-corrected chi connectivity index (χ4v) is 0.231. The first-order valence-corrected chi connectivity index (χ1v) is 3.88. The SMILES string of the molecule is OCC(CO)CO.OCC(O)CO. The number of rotatable bonds is 5. The smallest absolute Gasteiger partial charge is 0.100 e. The zero-order chi connectivity index (χ0) is 10.7. The molecule has 0 amide bonds. The number of hydrogen-bond acceptors (Lipinski definition) is 6. The van der Waals surface area contributed by atoms with Crippen LogP contribution in [0.25, 0.3) is 0 Å². The quantitative estimate of drug-likeness (QED) is 0.278. The monoisotopic (exact) mass is 198 g/mol. The maximum Gasteiger partial charge on any atom is 0.100 e. The van der Waals surface area contributed by atoms with Crippen molar-refractivity contribution in [3.8, 4) is 0 Å². The lowest BCUT2D eigenvalue weighted by Crippen LogP contribution is -2.15. The van der Waals surface area contributed by atoms with Gasteiger partial charge in [-0.25, -0.2) is 0 Å². The Hall–Kier alpha value is -0.240. The average Bonchev–Trinajstić information content (AvgIpc) is 2.20. The van der Waals surface area contributed by atoms with Gasteiger partial charge in [0.2, 0.25) is 0 Å². The van der Waals surface area contributed by atoms with Crippen LogP contribution < -0.4 is 0 Å². The highest BCUT2D eigenvalue weighted by Gasteiger charge is 2.00. The Balaban J connectivity index is 0. The Labute approximate surface area is 76.7 Å². The summed E-state index contributed by atoms with van der Waals surface area (Å²) in [6.45, 7) is -1.17. The van der Waals surface area contributed by atoms with Gasteiger partial charge in [0.15, 0.2) is 0 Å². The highest BCUT2D eigenvalue weighted by Crippen LogP contribution is 1.87. The maximum absolute atomic E-state index is 8.21. The van der Waals surface area contributed by atoms with Crippen molar-refractivity contribution in [1.82, 2.24) is 0 Å². The third-order valence-corrected chi connectivity index (χ3v) is 1.20. The Morgan fingerprint density at radius 2 is 0.923 bits per heavy atom. The van der Waals surface area contributed by atoms with Gasteiger partial charge < -0.3 is 30.6 Å². The van der Waals surface area contributed by atoms with Gasteiger partial charge in [-0.1, -0.05) is 0 Å². The molecule has 0 saturated heterocycles. The normalized spacial score (nSPS) is 10.2. The molecule has 0 unspecified atom stereocenters. The van der Waals surface area contributed by atoms with Gasteiger partial charge in [0.1, 0.15) is 6.10 Å². The molecule has 0 bridgehead atoms. The highest BCUT2D eigenvalue weighted by atomic mass is 16.3. The third-order valence-electron chi connectivity index (χ3n) is 1.20. The summed E-state index contributed by atoms with van der Waals surface area (Å²) in [7, 11) is 0. The molecule has 0 radical (unpaired) electrons. The van der Waals surface area contributed by atoms with Crippen molar-refractivity contribution in [2.24, 2.45) is 5.92 Å². The summed E-state index contributed by atoms with van der Waals surface area (Å²) in [6, 6.07) is 0. The summed E-state index contributed by atoms with van der Waals surface area (Å²) in [4.78, 5) is 0. The first kappa shape index (κ1) is 15.2. The summed E-state index contributed by atoms with van der Waals surface area (Å²) in [5.74, 6) is -0.347. The molecule has 0 aromatic carbocycles. The molecule has 0 aromatic heterocycles. The lowest BCUT2D eigenvalue weighted by Gasteiger charge is -2.02. The van der Waals surface area contributed by atoms with Crippen LogP contribution in [0.5, 0.6) is 0 Å². The van der Waals surface area contributed by atoms with E-state index >= 15 is 0 Å². The zero-order valence-electron chi connectivity index (χ0n) is 7.37. The summed E-state index contributed by atoms with van der Waals surface area (Å²) >= 11 is 0. The second-order valence-electron chi connectivity index (χ2n) is 2.43. The second kappa shape index (κ2) is 11.8. The molecule has 0 atom stereocenters. The van der Waals surface area contributed by atoms with Gasteiger partial charge in [-0.05, 0) is 0 Å². The molecule has 0 spiro atoms. The Morgan fingerprint density at radius 3 is 0.923 bits per heavy atom. The first-order chi connectivity index (χ1) is 6.15. The molecule has 0 aliphatic rings. The lowest BCUT2D eigenvalue weighted by molar-refractivity contribution is 0.0450. The summed E-state index contributed by atoms with van der Waals surface area (Å²) in [6.07, 6.45) is -0.954. The van der Waals surface area contributed by atoms with E-state index in [4.69, 9.17) is 30.6 Å².